The highest BCUT2D eigenvalue weighted by molar-refractivity contribution is 6.09. The number of carbonyl (C=O) groups excluding carboxylic acids is 3. The molecular weight excluding hydrogens is 414 g/mol. The van der Waals surface area contributed by atoms with Crippen molar-refractivity contribution in [3.8, 4) is 5.75 Å². The average Bonchev–Trinajstić information content (AvgIpc) is 3.47. The number of rotatable bonds is 8. The van der Waals surface area contributed by atoms with Gasteiger partial charge in [-0.3, -0.25) is 14.5 Å². The molecule has 1 saturated heterocycles. The van der Waals surface area contributed by atoms with Gasteiger partial charge in [-0.2, -0.15) is 4.98 Å². The molecule has 0 spiro atoms. The monoisotopic (exact) mass is 441 g/mol. The smallest absolute Gasteiger partial charge is 0.325 e. The quantitative estimate of drug-likeness (QED) is 0.602. The van der Waals surface area contributed by atoms with Crippen LogP contribution in [0.5, 0.6) is 5.75 Å². The summed E-state index contributed by atoms with van der Waals surface area (Å²) in [5.41, 5.74) is -0.676. The molecule has 32 heavy (non-hydrogen) atoms. The lowest BCUT2D eigenvalue weighted by molar-refractivity contribution is -0.135. The van der Waals surface area contributed by atoms with Gasteiger partial charge >= 0.3 is 6.03 Å². The minimum Gasteiger partial charge on any atom is -0.497 e. The fourth-order valence-corrected chi connectivity index (χ4v) is 3.72. The Labute approximate surface area is 185 Å². The molecule has 2 aromatic rings. The first-order chi connectivity index (χ1) is 15.2. The van der Waals surface area contributed by atoms with E-state index in [0.29, 0.717) is 28.9 Å². The summed E-state index contributed by atoms with van der Waals surface area (Å²) in [6.45, 7) is 5.03. The zero-order chi connectivity index (χ0) is 23.0. The summed E-state index contributed by atoms with van der Waals surface area (Å²) in [5, 5.41) is 9.53. The number of amides is 4. The van der Waals surface area contributed by atoms with Crippen molar-refractivity contribution < 1.29 is 23.6 Å². The van der Waals surface area contributed by atoms with Gasteiger partial charge in [-0.25, -0.2) is 4.79 Å². The van der Waals surface area contributed by atoms with E-state index in [1.165, 1.54) is 0 Å². The molecule has 170 valence electrons. The van der Waals surface area contributed by atoms with Crippen LogP contribution in [0.25, 0.3) is 0 Å². The summed E-state index contributed by atoms with van der Waals surface area (Å²) in [5.74, 6) is 0.933. The van der Waals surface area contributed by atoms with Gasteiger partial charge in [-0.15, -0.1) is 0 Å². The Hall–Kier alpha value is -3.43. The molecule has 1 aromatic carbocycles. The number of imide groups is 1. The molecule has 2 unspecified atom stereocenters. The Morgan fingerprint density at radius 2 is 2.00 bits per heavy atom. The highest BCUT2D eigenvalue weighted by Gasteiger charge is 2.49. The van der Waals surface area contributed by atoms with E-state index in [4.69, 9.17) is 9.26 Å². The van der Waals surface area contributed by atoms with Crippen molar-refractivity contribution in [3.05, 3.63) is 41.5 Å². The number of aromatic nitrogens is 2. The Morgan fingerprint density at radius 3 is 2.59 bits per heavy atom. The first-order valence-electron chi connectivity index (χ1n) is 10.6. The predicted octanol–water partition coefficient (Wildman–Crippen LogP) is 2.24. The van der Waals surface area contributed by atoms with E-state index in [9.17, 15) is 14.4 Å². The molecule has 1 saturated carbocycles. The van der Waals surface area contributed by atoms with Crippen molar-refractivity contribution in [2.45, 2.75) is 51.1 Å². The number of hydrogen-bond acceptors (Lipinski definition) is 7. The van der Waals surface area contributed by atoms with Crippen LogP contribution in [-0.4, -0.2) is 46.5 Å². The summed E-state index contributed by atoms with van der Waals surface area (Å²) in [6.07, 6.45) is 2.08. The normalized spacial score (nSPS) is 21.6. The second-order valence-electron chi connectivity index (χ2n) is 8.73. The van der Waals surface area contributed by atoms with Gasteiger partial charge in [0.15, 0.2) is 5.82 Å². The van der Waals surface area contributed by atoms with E-state index < -0.39 is 36.0 Å². The average molecular weight is 441 g/mol. The number of nitrogens with one attached hydrogen (secondary N) is 2. The molecule has 4 amide bonds. The van der Waals surface area contributed by atoms with E-state index in [-0.39, 0.29) is 5.92 Å². The first kappa shape index (κ1) is 21.8. The lowest BCUT2D eigenvalue weighted by Crippen LogP contribution is -2.44. The second kappa shape index (κ2) is 8.25. The molecular formula is C22H27N5O5. The van der Waals surface area contributed by atoms with E-state index in [2.05, 4.69) is 20.8 Å². The van der Waals surface area contributed by atoms with Gasteiger partial charge in [0, 0.05) is 5.92 Å². The van der Waals surface area contributed by atoms with Crippen LogP contribution in [0.4, 0.5) is 4.79 Å². The zero-order valence-corrected chi connectivity index (χ0v) is 18.5. The minimum absolute atomic E-state index is 0.0286. The Morgan fingerprint density at radius 1 is 1.31 bits per heavy atom. The topological polar surface area (TPSA) is 127 Å². The fourth-order valence-electron chi connectivity index (χ4n) is 3.72. The van der Waals surface area contributed by atoms with Gasteiger partial charge in [0.1, 0.15) is 23.9 Å². The molecule has 1 aliphatic heterocycles. The molecule has 0 radical (unpaired) electrons. The molecule has 2 N–H and O–H groups in total. The number of benzene rings is 1. The van der Waals surface area contributed by atoms with Gasteiger partial charge in [0.25, 0.3) is 5.91 Å². The standard InChI is InChI=1S/C22H27N5O5/c1-12(2)17(19-24-18(26-32-19)13-5-6-13)23-16(28)11-27-20(29)22(3,25-21(27)30)14-7-9-15(31-4)10-8-14/h7-10,12-13,17H,5-6,11H2,1-4H3,(H,23,28)(H,25,30). The van der Waals surface area contributed by atoms with Crippen molar-refractivity contribution in [1.29, 1.82) is 0 Å². The number of methoxy groups -OCH3 is 1. The third-order valence-electron chi connectivity index (χ3n) is 5.89. The highest BCUT2D eigenvalue weighted by Crippen LogP contribution is 2.38. The summed E-state index contributed by atoms with van der Waals surface area (Å²) in [7, 11) is 1.55. The van der Waals surface area contributed by atoms with Crippen LogP contribution in [0, 0.1) is 5.92 Å². The minimum atomic E-state index is -1.27. The van der Waals surface area contributed by atoms with Gasteiger partial charge in [-0.1, -0.05) is 31.1 Å². The molecule has 10 heteroatoms. The lowest BCUT2D eigenvalue weighted by atomic mass is 9.92. The third kappa shape index (κ3) is 4.04. The largest absolute Gasteiger partial charge is 0.497 e. The number of carbonyl (C=O) groups is 3. The maximum absolute atomic E-state index is 13.1. The number of nitrogens with zero attached hydrogens (tertiary/aromatic N) is 3. The van der Waals surface area contributed by atoms with Crippen LogP contribution in [0.1, 0.15) is 62.9 Å². The SMILES string of the molecule is COc1ccc(C2(C)NC(=O)N(CC(=O)NC(c3nc(C4CC4)no3)C(C)C)C2=O)cc1. The van der Waals surface area contributed by atoms with E-state index in [1.807, 2.05) is 13.8 Å². The van der Waals surface area contributed by atoms with Gasteiger partial charge in [0.2, 0.25) is 11.8 Å². The zero-order valence-electron chi connectivity index (χ0n) is 18.5. The summed E-state index contributed by atoms with van der Waals surface area (Å²) >= 11 is 0. The van der Waals surface area contributed by atoms with Crippen LogP contribution in [-0.2, 0) is 15.1 Å². The van der Waals surface area contributed by atoms with Gasteiger partial charge in [-0.05, 0) is 43.4 Å². The van der Waals surface area contributed by atoms with Crippen molar-refractivity contribution in [1.82, 2.24) is 25.7 Å². The van der Waals surface area contributed by atoms with Crippen molar-refractivity contribution in [2.75, 3.05) is 13.7 Å². The van der Waals surface area contributed by atoms with Crippen LogP contribution < -0.4 is 15.4 Å². The molecule has 2 fully saturated rings. The highest BCUT2D eigenvalue weighted by atomic mass is 16.5. The second-order valence-corrected chi connectivity index (χ2v) is 8.73. The van der Waals surface area contributed by atoms with E-state index >= 15 is 0 Å². The molecule has 10 nitrogen and oxygen atoms in total. The van der Waals surface area contributed by atoms with E-state index in [0.717, 1.165) is 17.7 Å². The Balaban J connectivity index is 1.45. The molecule has 4 rings (SSSR count). The molecule has 0 bridgehead atoms. The number of hydrogen-bond donors (Lipinski definition) is 2. The van der Waals surface area contributed by atoms with Crippen LogP contribution in [0.15, 0.2) is 28.8 Å². The summed E-state index contributed by atoms with van der Waals surface area (Å²) in [6, 6.07) is 5.70. The first-order valence-corrected chi connectivity index (χ1v) is 10.6. The fraction of sp³-hybridized carbons (Fsp3) is 0.500. The lowest BCUT2D eigenvalue weighted by Gasteiger charge is -2.23. The van der Waals surface area contributed by atoms with Crippen molar-refractivity contribution >= 4 is 17.8 Å². The number of ether oxygens (including phenoxy) is 1. The summed E-state index contributed by atoms with van der Waals surface area (Å²) < 4.78 is 10.5. The maximum atomic E-state index is 13.1. The third-order valence-corrected chi connectivity index (χ3v) is 5.89. The molecule has 2 aliphatic rings. The van der Waals surface area contributed by atoms with Gasteiger partial charge < -0.3 is 19.9 Å². The molecule has 2 atom stereocenters. The summed E-state index contributed by atoms with van der Waals surface area (Å²) in [4.78, 5) is 43.8. The van der Waals surface area contributed by atoms with Gasteiger partial charge in [0.05, 0.1) is 7.11 Å². The van der Waals surface area contributed by atoms with Crippen LogP contribution in [0.2, 0.25) is 0 Å². The van der Waals surface area contributed by atoms with Crippen LogP contribution in [0.3, 0.4) is 0 Å². The predicted molar refractivity (Wildman–Crippen MR) is 113 cm³/mol. The molecule has 2 heterocycles. The molecule has 1 aromatic heterocycles. The Kier molecular flexibility index (Phi) is 5.62. The van der Waals surface area contributed by atoms with Crippen LogP contribution >= 0.6 is 0 Å². The Bertz CT molecular complexity index is 1030. The van der Waals surface area contributed by atoms with Crippen molar-refractivity contribution in [3.63, 3.8) is 0 Å². The maximum Gasteiger partial charge on any atom is 0.325 e. The molecule has 1 aliphatic carbocycles. The van der Waals surface area contributed by atoms with E-state index in [1.54, 1.807) is 38.3 Å². The van der Waals surface area contributed by atoms with Crippen molar-refractivity contribution in [2.24, 2.45) is 5.92 Å². The number of urea groups is 1.